The van der Waals surface area contributed by atoms with Crippen molar-refractivity contribution >= 4 is 34.0 Å². The van der Waals surface area contributed by atoms with Crippen LogP contribution in [0, 0.1) is 5.82 Å². The van der Waals surface area contributed by atoms with Gasteiger partial charge in [0.15, 0.2) is 5.84 Å². The number of aliphatic hydroxyl groups excluding tert-OH is 1. The highest BCUT2D eigenvalue weighted by Crippen LogP contribution is 2.28. The largest absolute Gasteiger partial charge is 0.489 e. The number of pyridine rings is 1. The van der Waals surface area contributed by atoms with E-state index < -0.39 is 6.41 Å². The Morgan fingerprint density at radius 3 is 2.84 bits per heavy atom. The molecule has 1 saturated heterocycles. The van der Waals surface area contributed by atoms with Crippen molar-refractivity contribution in [1.29, 1.82) is 0 Å². The van der Waals surface area contributed by atoms with Crippen molar-refractivity contribution in [2.24, 2.45) is 5.16 Å². The van der Waals surface area contributed by atoms with Crippen molar-refractivity contribution in [2.45, 2.75) is 45.1 Å². The summed E-state index contributed by atoms with van der Waals surface area (Å²) in [5, 5.41) is 16.5. The first kappa shape index (κ1) is 27.8. The highest BCUT2D eigenvalue weighted by molar-refractivity contribution is 6.30. The molecule has 5 heterocycles. The number of nitrogens with one attached hydrogen (secondary N) is 1. The van der Waals surface area contributed by atoms with Gasteiger partial charge < -0.3 is 29.3 Å². The van der Waals surface area contributed by atoms with E-state index in [0.29, 0.717) is 34.4 Å². The van der Waals surface area contributed by atoms with Crippen LogP contribution >= 0.6 is 11.6 Å². The molecule has 2 aromatic carbocycles. The standard InChI is InChI=1S/C31H30ClFN6O4/c32-22-5-4-21(25(33)13-22)18-42-23-3-1-2-20(12-23)19-6-9-38(10-7-19)17-29-35-26-14-27(30-36-31(40)43-37-30)34-15-28(26)39(29)16-24-8-11-41-24/h1-6,12-15,24,31,40H,7-11,16-18H2,(H,36,37). The molecule has 3 aliphatic rings. The summed E-state index contributed by atoms with van der Waals surface area (Å²) in [6.07, 6.45) is 4.92. The molecule has 1 fully saturated rings. The van der Waals surface area contributed by atoms with Crippen molar-refractivity contribution in [2.75, 3.05) is 19.7 Å². The van der Waals surface area contributed by atoms with Crippen LogP contribution in [0.3, 0.4) is 0 Å². The maximum absolute atomic E-state index is 14.2. The van der Waals surface area contributed by atoms with Gasteiger partial charge in [-0.05, 0) is 54.3 Å². The van der Waals surface area contributed by atoms with Crippen molar-refractivity contribution in [3.63, 3.8) is 0 Å². The number of hydrogen-bond donors (Lipinski definition) is 2. The van der Waals surface area contributed by atoms with Crippen LogP contribution in [0.5, 0.6) is 5.75 Å². The second-order valence-electron chi connectivity index (χ2n) is 10.8. The molecule has 0 spiro atoms. The van der Waals surface area contributed by atoms with Crippen LogP contribution in [-0.4, -0.2) is 62.6 Å². The van der Waals surface area contributed by atoms with Gasteiger partial charge in [-0.1, -0.05) is 41.0 Å². The molecule has 10 nitrogen and oxygen atoms in total. The van der Waals surface area contributed by atoms with Gasteiger partial charge in [-0.3, -0.25) is 9.88 Å². The average Bonchev–Trinajstić information content (AvgIpc) is 3.57. The van der Waals surface area contributed by atoms with Crippen LogP contribution in [0.2, 0.25) is 5.02 Å². The maximum Gasteiger partial charge on any atom is 0.305 e. The number of nitrogens with zero attached hydrogens (tertiary/aromatic N) is 5. The maximum atomic E-state index is 14.2. The molecule has 4 aromatic rings. The Labute approximate surface area is 252 Å². The number of imidazole rings is 1. The van der Waals surface area contributed by atoms with Gasteiger partial charge in [-0.15, -0.1) is 0 Å². The van der Waals surface area contributed by atoms with E-state index in [1.807, 2.05) is 24.3 Å². The molecular formula is C31H30ClFN6O4. The van der Waals surface area contributed by atoms with Crippen molar-refractivity contribution in [3.8, 4) is 5.75 Å². The molecule has 0 aliphatic carbocycles. The first-order valence-corrected chi connectivity index (χ1v) is 14.6. The summed E-state index contributed by atoms with van der Waals surface area (Å²) in [5.74, 6) is 1.63. The van der Waals surface area contributed by atoms with E-state index >= 15 is 0 Å². The molecule has 12 heteroatoms. The summed E-state index contributed by atoms with van der Waals surface area (Å²) in [6, 6.07) is 14.4. The van der Waals surface area contributed by atoms with E-state index in [9.17, 15) is 9.50 Å². The van der Waals surface area contributed by atoms with Gasteiger partial charge >= 0.3 is 6.41 Å². The molecule has 2 atom stereocenters. The van der Waals surface area contributed by atoms with E-state index in [2.05, 4.69) is 37.1 Å². The predicted molar refractivity (Wildman–Crippen MR) is 159 cm³/mol. The number of rotatable bonds is 9. The van der Waals surface area contributed by atoms with Crippen LogP contribution in [-0.2, 0) is 29.3 Å². The number of oxime groups is 1. The molecule has 7 rings (SSSR count). The number of halogens is 2. The number of ether oxygens (including phenoxy) is 2. The van der Waals surface area contributed by atoms with E-state index in [1.165, 1.54) is 11.6 Å². The number of amidine groups is 1. The number of hydrogen-bond acceptors (Lipinski definition) is 9. The molecule has 2 unspecified atom stereocenters. The molecule has 0 bridgehead atoms. The first-order valence-electron chi connectivity index (χ1n) is 14.2. The third-order valence-electron chi connectivity index (χ3n) is 7.91. The number of benzene rings is 2. The Morgan fingerprint density at radius 2 is 2.09 bits per heavy atom. The molecule has 2 N–H and O–H groups in total. The minimum Gasteiger partial charge on any atom is -0.489 e. The zero-order chi connectivity index (χ0) is 29.3. The Bertz CT molecular complexity index is 1720. The number of aromatic nitrogens is 3. The van der Waals surface area contributed by atoms with Gasteiger partial charge in [0.25, 0.3) is 0 Å². The summed E-state index contributed by atoms with van der Waals surface area (Å²) in [5.41, 5.74) is 5.08. The van der Waals surface area contributed by atoms with Gasteiger partial charge in [0.1, 0.15) is 29.7 Å². The Hall–Kier alpha value is -4.03. The van der Waals surface area contributed by atoms with Crippen molar-refractivity contribution in [3.05, 3.63) is 94.3 Å². The molecule has 2 aromatic heterocycles. The summed E-state index contributed by atoms with van der Waals surface area (Å²) in [7, 11) is 0. The lowest BCUT2D eigenvalue weighted by atomic mass is 9.99. The second kappa shape index (κ2) is 11.9. The van der Waals surface area contributed by atoms with E-state index in [0.717, 1.165) is 61.5 Å². The molecular weight excluding hydrogens is 575 g/mol. The lowest BCUT2D eigenvalue weighted by molar-refractivity contribution is -0.0896. The smallest absolute Gasteiger partial charge is 0.305 e. The normalized spacial score (nSPS) is 20.3. The number of aliphatic hydroxyl groups is 1. The minimum atomic E-state index is -1.18. The van der Waals surface area contributed by atoms with Crippen LogP contribution in [0.4, 0.5) is 4.39 Å². The third-order valence-corrected chi connectivity index (χ3v) is 8.15. The Morgan fingerprint density at radius 1 is 1.19 bits per heavy atom. The summed E-state index contributed by atoms with van der Waals surface area (Å²) in [6.45, 7) is 3.96. The highest BCUT2D eigenvalue weighted by atomic mass is 35.5. The van der Waals surface area contributed by atoms with E-state index in [1.54, 1.807) is 18.3 Å². The van der Waals surface area contributed by atoms with Gasteiger partial charge in [0.2, 0.25) is 0 Å². The van der Waals surface area contributed by atoms with Gasteiger partial charge in [0.05, 0.1) is 36.4 Å². The SMILES string of the molecule is OC1NC(c2cc3nc(CN4CC=C(c5cccc(OCc6ccc(Cl)cc6F)c5)CC4)n(CC4CCO4)c3cn2)=NO1. The molecule has 3 aliphatic heterocycles. The zero-order valence-electron chi connectivity index (χ0n) is 23.2. The Balaban J connectivity index is 1.05. The Kier molecular flexibility index (Phi) is 7.70. The van der Waals surface area contributed by atoms with Gasteiger partial charge in [-0.25, -0.2) is 9.37 Å². The summed E-state index contributed by atoms with van der Waals surface area (Å²) >= 11 is 5.86. The minimum absolute atomic E-state index is 0.129. The molecule has 222 valence electrons. The number of fused-ring (bicyclic) bond motifs is 1. The quantitative estimate of drug-likeness (QED) is 0.289. The van der Waals surface area contributed by atoms with Crippen LogP contribution in [0.25, 0.3) is 16.6 Å². The zero-order valence-corrected chi connectivity index (χ0v) is 24.0. The van der Waals surface area contributed by atoms with Crippen LogP contribution in [0.1, 0.15) is 35.5 Å². The molecule has 43 heavy (non-hydrogen) atoms. The monoisotopic (exact) mass is 604 g/mol. The summed E-state index contributed by atoms with van der Waals surface area (Å²) < 4.78 is 28.0. The average molecular weight is 605 g/mol. The lowest BCUT2D eigenvalue weighted by Crippen LogP contribution is -2.33. The molecule has 0 saturated carbocycles. The van der Waals surface area contributed by atoms with Crippen molar-refractivity contribution in [1.82, 2.24) is 24.8 Å². The predicted octanol–water partition coefficient (Wildman–Crippen LogP) is 4.44. The molecule has 0 radical (unpaired) electrons. The van der Waals surface area contributed by atoms with Crippen LogP contribution in [0.15, 0.2) is 66.0 Å². The fourth-order valence-electron chi connectivity index (χ4n) is 5.46. The second-order valence-corrected chi connectivity index (χ2v) is 11.2. The summed E-state index contributed by atoms with van der Waals surface area (Å²) in [4.78, 5) is 16.7. The van der Waals surface area contributed by atoms with Gasteiger partial charge in [-0.2, -0.15) is 0 Å². The van der Waals surface area contributed by atoms with E-state index in [4.69, 9.17) is 30.9 Å². The highest BCUT2D eigenvalue weighted by Gasteiger charge is 2.25. The molecule has 0 amide bonds. The lowest BCUT2D eigenvalue weighted by Gasteiger charge is -2.29. The van der Waals surface area contributed by atoms with Crippen molar-refractivity contribution < 1.29 is 23.8 Å². The fourth-order valence-corrected chi connectivity index (χ4v) is 5.61. The van der Waals surface area contributed by atoms with Gasteiger partial charge in [0, 0.05) is 30.3 Å². The fraction of sp³-hybridized carbons (Fsp3) is 0.323. The first-order chi connectivity index (χ1) is 21.0. The van der Waals surface area contributed by atoms with Crippen LogP contribution < -0.4 is 10.1 Å². The topological polar surface area (TPSA) is 106 Å². The van der Waals surface area contributed by atoms with E-state index in [-0.39, 0.29) is 18.5 Å². The third kappa shape index (κ3) is 6.07.